The maximum atomic E-state index is 13.5. The van der Waals surface area contributed by atoms with Crippen LogP contribution in [0, 0.1) is 11.6 Å². The number of halogens is 2. The number of pyridine rings is 1. The van der Waals surface area contributed by atoms with Gasteiger partial charge in [-0.05, 0) is 43.1 Å². The highest BCUT2D eigenvalue weighted by Crippen LogP contribution is 2.33. The van der Waals surface area contributed by atoms with E-state index in [0.29, 0.717) is 29.7 Å². The second-order valence-electron chi connectivity index (χ2n) is 6.42. The van der Waals surface area contributed by atoms with Gasteiger partial charge in [-0.3, -0.25) is 4.90 Å². The summed E-state index contributed by atoms with van der Waals surface area (Å²) < 4.78 is 37.1. The quantitative estimate of drug-likeness (QED) is 0.680. The van der Waals surface area contributed by atoms with E-state index in [4.69, 9.17) is 9.26 Å². The van der Waals surface area contributed by atoms with Crippen molar-refractivity contribution >= 4 is 0 Å². The Morgan fingerprint density at radius 3 is 2.85 bits per heavy atom. The summed E-state index contributed by atoms with van der Waals surface area (Å²) in [4.78, 5) is 10.8. The van der Waals surface area contributed by atoms with Gasteiger partial charge in [-0.25, -0.2) is 13.8 Å². The molecule has 1 fully saturated rings. The first-order chi connectivity index (χ1) is 13.1. The van der Waals surface area contributed by atoms with Crippen LogP contribution in [-0.2, 0) is 6.54 Å². The van der Waals surface area contributed by atoms with Crippen LogP contribution in [0.25, 0.3) is 11.4 Å². The lowest BCUT2D eigenvalue weighted by molar-refractivity contribution is 0.201. The fourth-order valence-electron chi connectivity index (χ4n) is 3.29. The van der Waals surface area contributed by atoms with Gasteiger partial charge < -0.3 is 9.26 Å². The van der Waals surface area contributed by atoms with Crippen molar-refractivity contribution < 1.29 is 18.0 Å². The first kappa shape index (κ1) is 17.5. The van der Waals surface area contributed by atoms with Crippen molar-refractivity contribution in [1.82, 2.24) is 20.0 Å². The van der Waals surface area contributed by atoms with E-state index in [1.807, 2.05) is 6.07 Å². The predicted molar refractivity (Wildman–Crippen MR) is 92.8 cm³/mol. The van der Waals surface area contributed by atoms with E-state index in [2.05, 4.69) is 20.0 Å². The molecule has 0 spiro atoms. The monoisotopic (exact) mass is 372 g/mol. The van der Waals surface area contributed by atoms with Crippen LogP contribution in [0.5, 0.6) is 5.88 Å². The summed E-state index contributed by atoms with van der Waals surface area (Å²) in [5, 5.41) is 4.05. The van der Waals surface area contributed by atoms with E-state index in [0.717, 1.165) is 31.0 Å². The van der Waals surface area contributed by atoms with Crippen LogP contribution in [0.1, 0.15) is 30.3 Å². The highest BCUT2D eigenvalue weighted by molar-refractivity contribution is 5.53. The summed E-state index contributed by atoms with van der Waals surface area (Å²) in [7, 11) is 1.55. The summed E-state index contributed by atoms with van der Waals surface area (Å²) >= 11 is 0. The third kappa shape index (κ3) is 3.66. The third-order valence-electron chi connectivity index (χ3n) is 4.66. The maximum absolute atomic E-state index is 13.5. The molecule has 0 saturated carbocycles. The van der Waals surface area contributed by atoms with Gasteiger partial charge in [0, 0.05) is 24.4 Å². The molecule has 3 aromatic rings. The van der Waals surface area contributed by atoms with Crippen molar-refractivity contribution in [2.24, 2.45) is 0 Å². The number of ether oxygens (including phenoxy) is 1. The molecular weight excluding hydrogens is 354 g/mol. The Labute approximate surface area is 154 Å². The van der Waals surface area contributed by atoms with Gasteiger partial charge in [0.1, 0.15) is 0 Å². The minimum Gasteiger partial charge on any atom is -0.481 e. The molecule has 2 aromatic heterocycles. The van der Waals surface area contributed by atoms with Crippen LogP contribution >= 0.6 is 0 Å². The molecule has 0 amide bonds. The molecular formula is C19H18F2N4O2. The van der Waals surface area contributed by atoms with Crippen molar-refractivity contribution in [2.45, 2.75) is 25.4 Å². The Hall–Kier alpha value is -2.87. The van der Waals surface area contributed by atoms with Gasteiger partial charge in [0.05, 0.1) is 13.2 Å². The Balaban J connectivity index is 1.51. The molecule has 0 radical (unpaired) electrons. The van der Waals surface area contributed by atoms with Crippen LogP contribution in [0.15, 0.2) is 41.1 Å². The van der Waals surface area contributed by atoms with Crippen molar-refractivity contribution in [3.05, 3.63) is 59.6 Å². The zero-order valence-corrected chi connectivity index (χ0v) is 14.7. The summed E-state index contributed by atoms with van der Waals surface area (Å²) in [6, 6.07) is 7.47. The number of likely N-dealkylation sites (tertiary alicyclic amines) is 1. The first-order valence-electron chi connectivity index (χ1n) is 8.66. The standard InChI is InChI=1S/C19H18F2N4O2/c1-26-17-7-5-13(10-22-17)18-23-19(27-24-18)16-3-2-8-25(16)11-12-4-6-14(20)15(21)9-12/h4-7,9-10,16H,2-3,8,11H2,1H3/t16-/m0/s1. The minimum absolute atomic E-state index is 0.0504. The number of hydrogen-bond donors (Lipinski definition) is 0. The second-order valence-corrected chi connectivity index (χ2v) is 6.42. The Bertz CT molecular complexity index is 930. The molecule has 140 valence electrons. The molecule has 6 nitrogen and oxygen atoms in total. The van der Waals surface area contributed by atoms with Gasteiger partial charge in [0.15, 0.2) is 11.6 Å². The molecule has 3 heterocycles. The highest BCUT2D eigenvalue weighted by atomic mass is 19.2. The minimum atomic E-state index is -0.841. The zero-order chi connectivity index (χ0) is 18.8. The molecule has 8 heteroatoms. The largest absolute Gasteiger partial charge is 0.481 e. The molecule has 1 aliphatic heterocycles. The van der Waals surface area contributed by atoms with E-state index < -0.39 is 11.6 Å². The fraction of sp³-hybridized carbons (Fsp3) is 0.316. The molecule has 0 N–H and O–H groups in total. The summed E-state index contributed by atoms with van der Waals surface area (Å²) in [5.74, 6) is -0.196. The number of methoxy groups -OCH3 is 1. The Kier molecular flexibility index (Phi) is 4.81. The Morgan fingerprint density at radius 1 is 1.22 bits per heavy atom. The molecule has 0 unspecified atom stereocenters. The Morgan fingerprint density at radius 2 is 2.11 bits per heavy atom. The number of aromatic nitrogens is 3. The first-order valence-corrected chi connectivity index (χ1v) is 8.66. The van der Waals surface area contributed by atoms with Crippen LogP contribution in [0.4, 0.5) is 8.78 Å². The zero-order valence-electron chi connectivity index (χ0n) is 14.7. The molecule has 1 atom stereocenters. The van der Waals surface area contributed by atoms with Crippen molar-refractivity contribution in [2.75, 3.05) is 13.7 Å². The van der Waals surface area contributed by atoms with E-state index in [1.54, 1.807) is 25.4 Å². The van der Waals surface area contributed by atoms with Crippen LogP contribution in [0.2, 0.25) is 0 Å². The lowest BCUT2D eigenvalue weighted by Crippen LogP contribution is -2.23. The summed E-state index contributed by atoms with van der Waals surface area (Å²) in [6.45, 7) is 1.31. The van der Waals surface area contributed by atoms with E-state index in [-0.39, 0.29) is 6.04 Å². The molecule has 0 aliphatic carbocycles. The van der Waals surface area contributed by atoms with Gasteiger partial charge in [-0.15, -0.1) is 0 Å². The lowest BCUT2D eigenvalue weighted by Gasteiger charge is -2.21. The average molecular weight is 372 g/mol. The van der Waals surface area contributed by atoms with E-state index in [1.165, 1.54) is 6.07 Å². The van der Waals surface area contributed by atoms with E-state index in [9.17, 15) is 8.78 Å². The molecule has 0 bridgehead atoms. The lowest BCUT2D eigenvalue weighted by atomic mass is 10.1. The highest BCUT2D eigenvalue weighted by Gasteiger charge is 2.31. The number of benzene rings is 1. The predicted octanol–water partition coefficient (Wildman–Crippen LogP) is 3.76. The van der Waals surface area contributed by atoms with Crippen molar-refractivity contribution in [3.63, 3.8) is 0 Å². The third-order valence-corrected chi connectivity index (χ3v) is 4.66. The normalized spacial score (nSPS) is 17.4. The summed E-state index contributed by atoms with van der Waals surface area (Å²) in [6.07, 6.45) is 3.46. The smallest absolute Gasteiger partial charge is 0.244 e. The maximum Gasteiger partial charge on any atom is 0.244 e. The van der Waals surface area contributed by atoms with Gasteiger partial charge in [-0.2, -0.15) is 4.98 Å². The van der Waals surface area contributed by atoms with Crippen molar-refractivity contribution in [1.29, 1.82) is 0 Å². The molecule has 4 rings (SSSR count). The number of hydrogen-bond acceptors (Lipinski definition) is 6. The fourth-order valence-corrected chi connectivity index (χ4v) is 3.29. The van der Waals surface area contributed by atoms with Gasteiger partial charge in [0.2, 0.25) is 17.6 Å². The van der Waals surface area contributed by atoms with Gasteiger partial charge >= 0.3 is 0 Å². The van der Waals surface area contributed by atoms with Crippen LogP contribution in [-0.4, -0.2) is 33.7 Å². The average Bonchev–Trinajstić information content (AvgIpc) is 3.34. The number of nitrogens with zero attached hydrogens (tertiary/aromatic N) is 4. The second kappa shape index (κ2) is 7.40. The van der Waals surface area contributed by atoms with Crippen LogP contribution in [0.3, 0.4) is 0 Å². The van der Waals surface area contributed by atoms with Gasteiger partial charge in [-0.1, -0.05) is 11.2 Å². The topological polar surface area (TPSA) is 64.3 Å². The summed E-state index contributed by atoms with van der Waals surface area (Å²) in [5.41, 5.74) is 1.44. The molecule has 1 aliphatic rings. The number of rotatable bonds is 5. The molecule has 27 heavy (non-hydrogen) atoms. The SMILES string of the molecule is COc1ccc(-c2noc([C@@H]3CCCN3Cc3ccc(F)c(F)c3)n2)cn1. The molecule has 1 saturated heterocycles. The molecule has 1 aromatic carbocycles. The van der Waals surface area contributed by atoms with E-state index >= 15 is 0 Å². The van der Waals surface area contributed by atoms with Crippen LogP contribution < -0.4 is 4.74 Å². The van der Waals surface area contributed by atoms with Crippen molar-refractivity contribution in [3.8, 4) is 17.3 Å². The van der Waals surface area contributed by atoms with Gasteiger partial charge in [0.25, 0.3) is 0 Å².